The minimum absolute atomic E-state index is 0.0442. The van der Waals surface area contributed by atoms with E-state index in [1.165, 1.54) is 49.4 Å². The normalized spacial score (nSPS) is 12.7. The SMILES string of the molecule is C[C@H](Sc1ccc([N+](=O)[O-])cc1)C(=O)O[C@H](C)C(=O)Nc1cccc(F)c1. The van der Waals surface area contributed by atoms with Crippen molar-refractivity contribution in [3.63, 3.8) is 0 Å². The number of nitro benzene ring substituents is 1. The van der Waals surface area contributed by atoms with Gasteiger partial charge in [0.25, 0.3) is 11.6 Å². The number of esters is 1. The first kappa shape index (κ1) is 20.4. The summed E-state index contributed by atoms with van der Waals surface area (Å²) in [6, 6.07) is 11.1. The molecule has 0 unspecified atom stereocenters. The third-order valence-electron chi connectivity index (χ3n) is 3.45. The number of hydrogen-bond donors (Lipinski definition) is 1. The second-order valence-electron chi connectivity index (χ2n) is 5.59. The fraction of sp³-hybridized carbons (Fsp3) is 0.222. The number of rotatable bonds is 7. The minimum atomic E-state index is -1.07. The quantitative estimate of drug-likeness (QED) is 0.333. The lowest BCUT2D eigenvalue weighted by molar-refractivity contribution is -0.384. The molecule has 9 heteroatoms. The van der Waals surface area contributed by atoms with Crippen LogP contribution >= 0.6 is 11.8 Å². The Morgan fingerprint density at radius 1 is 1.19 bits per heavy atom. The monoisotopic (exact) mass is 392 g/mol. The maximum atomic E-state index is 13.1. The summed E-state index contributed by atoms with van der Waals surface area (Å²) in [6.45, 7) is 3.02. The Morgan fingerprint density at radius 3 is 2.44 bits per heavy atom. The van der Waals surface area contributed by atoms with Crippen molar-refractivity contribution in [2.24, 2.45) is 0 Å². The van der Waals surface area contributed by atoms with E-state index in [4.69, 9.17) is 4.74 Å². The van der Waals surface area contributed by atoms with E-state index >= 15 is 0 Å². The molecule has 2 rings (SSSR count). The smallest absolute Gasteiger partial charge is 0.319 e. The molecule has 2 atom stereocenters. The number of halogens is 1. The van der Waals surface area contributed by atoms with Gasteiger partial charge < -0.3 is 10.1 Å². The molecular formula is C18H17FN2O5S. The molecule has 1 amide bonds. The summed E-state index contributed by atoms with van der Waals surface area (Å²) >= 11 is 1.15. The first-order valence-corrected chi connectivity index (χ1v) is 8.82. The Hall–Kier alpha value is -2.94. The number of nitrogens with one attached hydrogen (secondary N) is 1. The lowest BCUT2D eigenvalue weighted by Crippen LogP contribution is -2.32. The van der Waals surface area contributed by atoms with Gasteiger partial charge in [-0.05, 0) is 44.2 Å². The third-order valence-corrected chi connectivity index (χ3v) is 4.54. The summed E-state index contributed by atoms with van der Waals surface area (Å²) in [5.74, 6) is -1.69. The molecule has 27 heavy (non-hydrogen) atoms. The maximum Gasteiger partial charge on any atom is 0.319 e. The lowest BCUT2D eigenvalue weighted by Gasteiger charge is -2.16. The highest BCUT2D eigenvalue weighted by atomic mass is 32.2. The van der Waals surface area contributed by atoms with Gasteiger partial charge in [0, 0.05) is 22.7 Å². The summed E-state index contributed by atoms with van der Waals surface area (Å²) in [7, 11) is 0. The van der Waals surface area contributed by atoms with Crippen molar-refractivity contribution < 1.29 is 23.6 Å². The summed E-state index contributed by atoms with van der Waals surface area (Å²) < 4.78 is 18.3. The Bertz CT molecular complexity index is 844. The number of hydrogen-bond acceptors (Lipinski definition) is 6. The zero-order valence-electron chi connectivity index (χ0n) is 14.5. The van der Waals surface area contributed by atoms with Crippen LogP contribution in [0.3, 0.4) is 0 Å². The van der Waals surface area contributed by atoms with Crippen molar-refractivity contribution in [3.8, 4) is 0 Å². The summed E-state index contributed by atoms with van der Waals surface area (Å²) in [5, 5.41) is 12.5. The molecule has 0 fully saturated rings. The second-order valence-corrected chi connectivity index (χ2v) is 7.00. The lowest BCUT2D eigenvalue weighted by atomic mass is 10.3. The van der Waals surface area contributed by atoms with E-state index in [0.717, 1.165) is 17.8 Å². The molecule has 0 bridgehead atoms. The van der Waals surface area contributed by atoms with Crippen LogP contribution in [0.1, 0.15) is 13.8 Å². The molecule has 7 nitrogen and oxygen atoms in total. The van der Waals surface area contributed by atoms with Crippen LogP contribution in [0, 0.1) is 15.9 Å². The average Bonchev–Trinajstić information content (AvgIpc) is 2.62. The van der Waals surface area contributed by atoms with Gasteiger partial charge in [-0.15, -0.1) is 11.8 Å². The molecule has 0 aliphatic rings. The minimum Gasteiger partial charge on any atom is -0.452 e. The van der Waals surface area contributed by atoms with Gasteiger partial charge in [0.05, 0.1) is 4.92 Å². The number of nitro groups is 1. The van der Waals surface area contributed by atoms with Gasteiger partial charge in [0.2, 0.25) is 0 Å². The molecule has 142 valence electrons. The molecule has 0 radical (unpaired) electrons. The number of amides is 1. The Labute approximate surface area is 159 Å². The molecule has 1 N–H and O–H groups in total. The molecule has 0 heterocycles. The van der Waals surface area contributed by atoms with E-state index in [1.807, 2.05) is 0 Å². The van der Waals surface area contributed by atoms with E-state index < -0.39 is 34.0 Å². The van der Waals surface area contributed by atoms with E-state index in [0.29, 0.717) is 4.90 Å². The number of ether oxygens (including phenoxy) is 1. The zero-order valence-corrected chi connectivity index (χ0v) is 15.4. The number of carbonyl (C=O) groups is 2. The van der Waals surface area contributed by atoms with Crippen LogP contribution in [0.5, 0.6) is 0 Å². The van der Waals surface area contributed by atoms with Crippen LogP contribution in [0.4, 0.5) is 15.8 Å². The van der Waals surface area contributed by atoms with Crippen molar-refractivity contribution in [1.29, 1.82) is 0 Å². The number of nitrogens with zero attached hydrogens (tertiary/aromatic N) is 1. The molecule has 0 aliphatic carbocycles. The summed E-state index contributed by atoms with van der Waals surface area (Å²) in [5.41, 5.74) is 0.216. The zero-order chi connectivity index (χ0) is 20.0. The van der Waals surface area contributed by atoms with Crippen LogP contribution in [-0.4, -0.2) is 28.2 Å². The molecule has 2 aromatic carbocycles. The van der Waals surface area contributed by atoms with E-state index in [2.05, 4.69) is 5.32 Å². The van der Waals surface area contributed by atoms with Crippen LogP contribution in [0.2, 0.25) is 0 Å². The number of non-ortho nitro benzene ring substituents is 1. The highest BCUT2D eigenvalue weighted by molar-refractivity contribution is 8.00. The molecule has 0 saturated heterocycles. The fourth-order valence-corrected chi connectivity index (χ4v) is 2.89. The van der Waals surface area contributed by atoms with Gasteiger partial charge in [-0.3, -0.25) is 19.7 Å². The van der Waals surface area contributed by atoms with E-state index in [9.17, 15) is 24.1 Å². The Balaban J connectivity index is 1.88. The molecule has 2 aromatic rings. The standard InChI is InChI=1S/C18H17FN2O5S/c1-11(17(22)20-14-5-3-4-13(19)10-14)26-18(23)12(2)27-16-8-6-15(7-9-16)21(24)25/h3-12H,1-2H3,(H,20,22)/t11-,12+/m1/s1. The molecule has 0 aromatic heterocycles. The van der Waals surface area contributed by atoms with Crippen molar-refractivity contribution in [1.82, 2.24) is 0 Å². The maximum absolute atomic E-state index is 13.1. The topological polar surface area (TPSA) is 98.5 Å². The number of thioether (sulfide) groups is 1. The van der Waals surface area contributed by atoms with Crippen molar-refractivity contribution >= 4 is 35.0 Å². The van der Waals surface area contributed by atoms with Crippen LogP contribution in [0.25, 0.3) is 0 Å². The van der Waals surface area contributed by atoms with Gasteiger partial charge in [0.1, 0.15) is 11.1 Å². The first-order chi connectivity index (χ1) is 12.8. The van der Waals surface area contributed by atoms with Crippen LogP contribution < -0.4 is 5.32 Å². The third kappa shape index (κ3) is 6.07. The fourth-order valence-electron chi connectivity index (χ4n) is 2.03. The van der Waals surface area contributed by atoms with Gasteiger partial charge in [0.15, 0.2) is 6.10 Å². The van der Waals surface area contributed by atoms with Gasteiger partial charge in [-0.25, -0.2) is 4.39 Å². The Kier molecular flexibility index (Phi) is 6.89. The van der Waals surface area contributed by atoms with Crippen LogP contribution in [0.15, 0.2) is 53.4 Å². The van der Waals surface area contributed by atoms with Gasteiger partial charge in [-0.1, -0.05) is 6.07 Å². The first-order valence-electron chi connectivity index (χ1n) is 7.94. The largest absolute Gasteiger partial charge is 0.452 e. The highest BCUT2D eigenvalue weighted by Gasteiger charge is 2.23. The molecular weight excluding hydrogens is 375 g/mol. The number of benzene rings is 2. The second kappa shape index (κ2) is 9.13. The van der Waals surface area contributed by atoms with E-state index in [1.54, 1.807) is 6.92 Å². The van der Waals surface area contributed by atoms with Crippen molar-refractivity contribution in [2.45, 2.75) is 30.1 Å². The highest BCUT2D eigenvalue weighted by Crippen LogP contribution is 2.26. The predicted molar refractivity (Wildman–Crippen MR) is 99.0 cm³/mol. The Morgan fingerprint density at radius 2 is 1.85 bits per heavy atom. The van der Waals surface area contributed by atoms with E-state index in [-0.39, 0.29) is 11.4 Å². The van der Waals surface area contributed by atoms with Crippen molar-refractivity contribution in [3.05, 3.63) is 64.5 Å². The van der Waals surface area contributed by atoms with Gasteiger partial charge in [-0.2, -0.15) is 0 Å². The molecule has 0 spiro atoms. The number of carbonyl (C=O) groups excluding carboxylic acids is 2. The van der Waals surface area contributed by atoms with Crippen LogP contribution in [-0.2, 0) is 14.3 Å². The molecule has 0 saturated carbocycles. The van der Waals surface area contributed by atoms with Crippen molar-refractivity contribution in [2.75, 3.05) is 5.32 Å². The summed E-state index contributed by atoms with van der Waals surface area (Å²) in [4.78, 5) is 35.0. The van der Waals surface area contributed by atoms with Gasteiger partial charge >= 0.3 is 5.97 Å². The predicted octanol–water partition coefficient (Wildman–Crippen LogP) is 3.78. The average molecular weight is 392 g/mol. The summed E-state index contributed by atoms with van der Waals surface area (Å²) in [6.07, 6.45) is -1.07. The molecule has 0 aliphatic heterocycles. The number of anilines is 1.